The zero-order valence-electron chi connectivity index (χ0n) is 10.3. The van der Waals surface area contributed by atoms with Crippen molar-refractivity contribution >= 4 is 23.2 Å². The van der Waals surface area contributed by atoms with Crippen molar-refractivity contribution in [3.8, 4) is 0 Å². The second-order valence-corrected chi connectivity index (χ2v) is 4.42. The number of ether oxygens (including phenoxy) is 1. The second kappa shape index (κ2) is 8.25. The first kappa shape index (κ1) is 14.2. The first-order valence-electron chi connectivity index (χ1n) is 6.02. The predicted octanol–water partition coefficient (Wildman–Crippen LogP) is 0.109. The van der Waals surface area contributed by atoms with Crippen LogP contribution in [-0.2, 0) is 9.53 Å². The molecule has 1 fully saturated rings. The maximum Gasteiger partial charge on any atom is 0.222 e. The molecule has 0 spiro atoms. The summed E-state index contributed by atoms with van der Waals surface area (Å²) in [6.07, 6.45) is 2.64. The molecule has 6 heteroatoms. The number of nitrogens with zero attached hydrogens (tertiary/aromatic N) is 1. The number of amides is 1. The number of carbonyl (C=O) groups excluding carboxylic acids is 1. The normalized spacial score (nSPS) is 15.1. The van der Waals surface area contributed by atoms with E-state index in [0.717, 1.165) is 32.5 Å². The van der Waals surface area contributed by atoms with Gasteiger partial charge in [0.05, 0.1) is 6.61 Å². The van der Waals surface area contributed by atoms with E-state index >= 15 is 0 Å². The minimum absolute atomic E-state index is 0.283. The van der Waals surface area contributed by atoms with Crippen LogP contribution in [0.2, 0.25) is 0 Å². The van der Waals surface area contributed by atoms with Crippen LogP contribution < -0.4 is 10.6 Å². The molecular weight excluding hydrogens is 238 g/mol. The van der Waals surface area contributed by atoms with E-state index in [-0.39, 0.29) is 5.91 Å². The molecule has 0 unspecified atom stereocenters. The van der Waals surface area contributed by atoms with Crippen molar-refractivity contribution in [2.24, 2.45) is 0 Å². The van der Waals surface area contributed by atoms with E-state index in [0.29, 0.717) is 24.7 Å². The summed E-state index contributed by atoms with van der Waals surface area (Å²) in [6, 6.07) is 0. The highest BCUT2D eigenvalue weighted by molar-refractivity contribution is 7.80. The van der Waals surface area contributed by atoms with Crippen LogP contribution in [0.1, 0.15) is 19.3 Å². The molecule has 5 nitrogen and oxygen atoms in total. The smallest absolute Gasteiger partial charge is 0.222 e. The molecule has 17 heavy (non-hydrogen) atoms. The van der Waals surface area contributed by atoms with Gasteiger partial charge in [-0.25, -0.2) is 0 Å². The van der Waals surface area contributed by atoms with Gasteiger partial charge in [-0.3, -0.25) is 4.79 Å². The predicted molar refractivity (Wildman–Crippen MR) is 70.9 cm³/mol. The Kier molecular flexibility index (Phi) is 6.88. The maximum absolute atomic E-state index is 11.3. The Bertz CT molecular complexity index is 261. The zero-order chi connectivity index (χ0) is 12.5. The SMILES string of the molecule is COCCNC(=S)NCCCN1CCCC1=O. The van der Waals surface area contributed by atoms with Gasteiger partial charge >= 0.3 is 0 Å². The summed E-state index contributed by atoms with van der Waals surface area (Å²) < 4.78 is 4.90. The van der Waals surface area contributed by atoms with Crippen LogP contribution in [0.15, 0.2) is 0 Å². The summed E-state index contributed by atoms with van der Waals surface area (Å²) in [5.41, 5.74) is 0. The maximum atomic E-state index is 11.3. The van der Waals surface area contributed by atoms with Gasteiger partial charge in [-0.15, -0.1) is 0 Å². The van der Waals surface area contributed by atoms with Crippen molar-refractivity contribution in [3.05, 3.63) is 0 Å². The number of hydrogen-bond acceptors (Lipinski definition) is 3. The van der Waals surface area contributed by atoms with Gasteiger partial charge in [0.2, 0.25) is 5.91 Å². The van der Waals surface area contributed by atoms with Crippen molar-refractivity contribution in [1.29, 1.82) is 0 Å². The van der Waals surface area contributed by atoms with Crippen LogP contribution in [0, 0.1) is 0 Å². The van der Waals surface area contributed by atoms with Crippen LogP contribution in [0.5, 0.6) is 0 Å². The third-order valence-corrected chi connectivity index (χ3v) is 2.94. The second-order valence-electron chi connectivity index (χ2n) is 4.01. The molecule has 0 saturated carbocycles. The lowest BCUT2D eigenvalue weighted by Crippen LogP contribution is -2.38. The van der Waals surface area contributed by atoms with Gasteiger partial charge < -0.3 is 20.3 Å². The van der Waals surface area contributed by atoms with E-state index in [1.807, 2.05) is 4.90 Å². The van der Waals surface area contributed by atoms with Crippen molar-refractivity contribution in [3.63, 3.8) is 0 Å². The highest BCUT2D eigenvalue weighted by atomic mass is 32.1. The van der Waals surface area contributed by atoms with Crippen molar-refractivity contribution in [2.45, 2.75) is 19.3 Å². The number of carbonyl (C=O) groups is 1. The molecule has 1 amide bonds. The quantitative estimate of drug-likeness (QED) is 0.502. The Morgan fingerprint density at radius 1 is 1.47 bits per heavy atom. The molecule has 1 aliphatic heterocycles. The van der Waals surface area contributed by atoms with Crippen LogP contribution in [0.25, 0.3) is 0 Å². The van der Waals surface area contributed by atoms with Crippen molar-refractivity contribution in [2.75, 3.05) is 39.9 Å². The van der Waals surface area contributed by atoms with Gasteiger partial charge in [-0.1, -0.05) is 0 Å². The van der Waals surface area contributed by atoms with Crippen molar-refractivity contribution in [1.82, 2.24) is 15.5 Å². The minimum Gasteiger partial charge on any atom is -0.383 e. The molecule has 0 aromatic heterocycles. The lowest BCUT2D eigenvalue weighted by Gasteiger charge is -2.16. The monoisotopic (exact) mass is 259 g/mol. The van der Waals surface area contributed by atoms with Crippen LogP contribution in [-0.4, -0.2) is 55.8 Å². The van der Waals surface area contributed by atoms with Crippen molar-refractivity contribution < 1.29 is 9.53 Å². The highest BCUT2D eigenvalue weighted by Gasteiger charge is 2.18. The molecule has 2 N–H and O–H groups in total. The Labute approximate surface area is 108 Å². The summed E-state index contributed by atoms with van der Waals surface area (Å²) >= 11 is 5.08. The average Bonchev–Trinajstić information content (AvgIpc) is 2.71. The standard InChI is InChI=1S/C11H21N3O2S/c1-16-9-6-13-11(17)12-5-3-8-14-7-2-4-10(14)15/h2-9H2,1H3,(H2,12,13,17). The fraction of sp³-hybridized carbons (Fsp3) is 0.818. The molecule has 0 bridgehead atoms. The molecule has 1 aliphatic rings. The number of thiocarbonyl (C=S) groups is 1. The van der Waals surface area contributed by atoms with Gasteiger partial charge in [0.25, 0.3) is 0 Å². The molecule has 1 heterocycles. The topological polar surface area (TPSA) is 53.6 Å². The van der Waals surface area contributed by atoms with E-state index in [9.17, 15) is 4.79 Å². The molecule has 1 saturated heterocycles. The third-order valence-electron chi connectivity index (χ3n) is 2.65. The van der Waals surface area contributed by atoms with Gasteiger partial charge in [-0.2, -0.15) is 0 Å². The highest BCUT2D eigenvalue weighted by Crippen LogP contribution is 2.09. The van der Waals surface area contributed by atoms with Crippen LogP contribution in [0.3, 0.4) is 0 Å². The zero-order valence-corrected chi connectivity index (χ0v) is 11.1. The molecule has 0 radical (unpaired) electrons. The molecule has 0 aromatic carbocycles. The third kappa shape index (κ3) is 5.83. The largest absolute Gasteiger partial charge is 0.383 e. The minimum atomic E-state index is 0.283. The number of rotatable bonds is 7. The average molecular weight is 259 g/mol. The summed E-state index contributed by atoms with van der Waals surface area (Å²) in [4.78, 5) is 13.2. The first-order chi connectivity index (χ1) is 8.24. The Morgan fingerprint density at radius 3 is 2.88 bits per heavy atom. The summed E-state index contributed by atoms with van der Waals surface area (Å²) in [7, 11) is 1.66. The lowest BCUT2D eigenvalue weighted by atomic mass is 10.4. The van der Waals surface area contributed by atoms with Gasteiger partial charge in [0.15, 0.2) is 5.11 Å². The number of methoxy groups -OCH3 is 1. The molecule has 98 valence electrons. The van der Waals surface area contributed by atoms with Crippen LogP contribution >= 0.6 is 12.2 Å². The van der Waals surface area contributed by atoms with E-state index in [2.05, 4.69) is 10.6 Å². The number of hydrogen-bond donors (Lipinski definition) is 2. The lowest BCUT2D eigenvalue weighted by molar-refractivity contribution is -0.127. The van der Waals surface area contributed by atoms with E-state index in [4.69, 9.17) is 17.0 Å². The Hall–Kier alpha value is -0.880. The summed E-state index contributed by atoms with van der Waals surface area (Å²) in [5.74, 6) is 0.283. The molecule has 0 aromatic rings. The number of nitrogens with one attached hydrogen (secondary N) is 2. The van der Waals surface area contributed by atoms with Gasteiger partial charge in [-0.05, 0) is 25.1 Å². The molecular formula is C11H21N3O2S. The molecule has 1 rings (SSSR count). The number of likely N-dealkylation sites (tertiary alicyclic amines) is 1. The first-order valence-corrected chi connectivity index (χ1v) is 6.43. The fourth-order valence-corrected chi connectivity index (χ4v) is 1.95. The van der Waals surface area contributed by atoms with Gasteiger partial charge in [0, 0.05) is 39.7 Å². The van der Waals surface area contributed by atoms with Gasteiger partial charge in [0.1, 0.15) is 0 Å². The Balaban J connectivity index is 1.96. The van der Waals surface area contributed by atoms with E-state index in [1.54, 1.807) is 7.11 Å². The Morgan fingerprint density at radius 2 is 2.24 bits per heavy atom. The van der Waals surface area contributed by atoms with E-state index in [1.165, 1.54) is 0 Å². The summed E-state index contributed by atoms with van der Waals surface area (Å²) in [6.45, 7) is 3.89. The fourth-order valence-electron chi connectivity index (χ4n) is 1.74. The van der Waals surface area contributed by atoms with Crippen LogP contribution in [0.4, 0.5) is 0 Å². The molecule has 0 atom stereocenters. The van der Waals surface area contributed by atoms with E-state index < -0.39 is 0 Å². The summed E-state index contributed by atoms with van der Waals surface area (Å²) in [5, 5.41) is 6.79. The molecule has 0 aliphatic carbocycles.